The lowest BCUT2D eigenvalue weighted by atomic mass is 10.1. The molecule has 35 heteroatoms. The molecule has 0 aliphatic heterocycles. The van der Waals surface area contributed by atoms with Crippen molar-refractivity contribution in [3.63, 3.8) is 0 Å². The molecular weight excluding hydrogens is 1480 g/mol. The number of nitrogens with two attached hydrogens (primary N) is 7. The Hall–Kier alpha value is -8.49. The standard InChI is InChI=1S/C75H117N17O15S3/c1-108-49-34-65(75(102)103)84-66(93)51-85(41-14-9-36-77)68(95)56-91(47-32-61-22-26-63(27-23-61)109(81,104)105)74(101)58-92(48-33-62-24-28-64(29-25-62)110(82,106)107)73(100)53-87(43-16-11-38-79)69(96)52-86(42-15-10-37-78)71(98)57-90(46-31-60-20-6-3-7-21-60)72(99)54-88(44-17-12-39-80)70(97)55-89(45-30-59-18-4-2-5-19-59)67(94)50-83-40-13-8-35-76/h2-7,18-29,65,83H,8-17,30-58,76-80H2,1H3,(H,84,93)(H,102,103)(H2,81,104,105)(H2,82,106,107). The molecule has 0 aliphatic rings. The van der Waals surface area contributed by atoms with Gasteiger partial charge in [0.1, 0.15) is 6.04 Å². The third-order valence-corrected chi connectivity index (χ3v) is 20.7. The van der Waals surface area contributed by atoms with Crippen molar-refractivity contribution in [1.29, 1.82) is 0 Å². The number of carbonyl (C=O) groups is 10. The van der Waals surface area contributed by atoms with Gasteiger partial charge in [-0.3, -0.25) is 43.2 Å². The van der Waals surface area contributed by atoms with Crippen molar-refractivity contribution in [2.75, 3.05) is 163 Å². The van der Waals surface area contributed by atoms with E-state index in [4.69, 9.17) is 38.9 Å². The number of primary sulfonamides is 2. The molecule has 0 fully saturated rings. The summed E-state index contributed by atoms with van der Waals surface area (Å²) in [5.74, 6) is -6.71. The Morgan fingerprint density at radius 2 is 0.645 bits per heavy atom. The lowest BCUT2D eigenvalue weighted by Gasteiger charge is -2.33. The second kappa shape index (κ2) is 51.9. The van der Waals surface area contributed by atoms with Crippen molar-refractivity contribution in [3.8, 4) is 0 Å². The van der Waals surface area contributed by atoms with E-state index in [2.05, 4.69) is 10.6 Å². The van der Waals surface area contributed by atoms with Crippen molar-refractivity contribution >= 4 is 90.9 Å². The number of carboxylic acid groups (broad SMARTS) is 1. The van der Waals surface area contributed by atoms with Crippen LogP contribution < -0.4 is 49.6 Å². The molecule has 4 aromatic carbocycles. The van der Waals surface area contributed by atoms with Gasteiger partial charge in [-0.25, -0.2) is 31.9 Å². The number of hydrogen-bond donors (Lipinski definition) is 10. The zero-order valence-electron chi connectivity index (χ0n) is 63.6. The number of thioether (sulfide) groups is 1. The Labute approximate surface area is 652 Å². The van der Waals surface area contributed by atoms with Crippen LogP contribution >= 0.6 is 11.8 Å². The highest BCUT2D eigenvalue weighted by molar-refractivity contribution is 7.98. The van der Waals surface area contributed by atoms with Crippen LogP contribution in [0.3, 0.4) is 0 Å². The summed E-state index contributed by atoms with van der Waals surface area (Å²) in [4.78, 5) is 154. The molecule has 4 aromatic rings. The number of benzene rings is 4. The molecular formula is C75H117N17O15S3. The minimum absolute atomic E-state index is 0.00206. The van der Waals surface area contributed by atoms with E-state index in [1.54, 1.807) is 6.26 Å². The van der Waals surface area contributed by atoms with Crippen LogP contribution in [0.25, 0.3) is 0 Å². The molecule has 0 heterocycles. The van der Waals surface area contributed by atoms with Crippen LogP contribution in [0.4, 0.5) is 0 Å². The Morgan fingerprint density at radius 1 is 0.373 bits per heavy atom. The summed E-state index contributed by atoms with van der Waals surface area (Å²) in [5, 5.41) is 26.3. The van der Waals surface area contributed by atoms with Crippen molar-refractivity contribution in [2.24, 2.45) is 38.9 Å². The van der Waals surface area contributed by atoms with Gasteiger partial charge in [0.25, 0.3) is 0 Å². The lowest BCUT2D eigenvalue weighted by Crippen LogP contribution is -2.53. The average molecular weight is 1590 g/mol. The largest absolute Gasteiger partial charge is 0.480 e. The molecule has 9 amide bonds. The Kier molecular flexibility index (Phi) is 44.3. The van der Waals surface area contributed by atoms with E-state index in [1.807, 2.05) is 60.7 Å². The van der Waals surface area contributed by atoms with E-state index >= 15 is 24.0 Å². The summed E-state index contributed by atoms with van der Waals surface area (Å²) < 4.78 is 49.0. The zero-order valence-corrected chi connectivity index (χ0v) is 66.0. The van der Waals surface area contributed by atoms with Crippen LogP contribution in [0.2, 0.25) is 0 Å². The first-order chi connectivity index (χ1) is 52.6. The van der Waals surface area contributed by atoms with Gasteiger partial charge in [0, 0.05) is 52.4 Å². The van der Waals surface area contributed by atoms with E-state index in [0.29, 0.717) is 87.9 Å². The molecule has 0 bridgehead atoms. The molecule has 0 aliphatic carbocycles. The van der Waals surface area contributed by atoms with E-state index in [0.717, 1.165) is 28.9 Å². The summed E-state index contributed by atoms with van der Waals surface area (Å²) in [7, 11) is -8.23. The SMILES string of the molecule is CSCCC(NC(=O)CN(CCCCN)C(=O)CN(CCc1ccc(S(N)(=O)=O)cc1)C(=O)CN(CCc1ccc(S(N)(=O)=O)cc1)C(=O)CN(CCCCN)C(=O)CN(CCCCN)C(=O)CN(CCc1ccccc1)C(=O)CN(CCCCN)C(=O)CN(CCc1ccccc1)C(=O)CNCCCCN)C(=O)O. The molecule has 0 aromatic heterocycles. The molecule has 110 heavy (non-hydrogen) atoms. The van der Waals surface area contributed by atoms with Crippen molar-refractivity contribution < 1.29 is 69.9 Å². The molecule has 4 rings (SSSR count). The minimum atomic E-state index is -4.12. The highest BCUT2D eigenvalue weighted by atomic mass is 32.2. The summed E-state index contributed by atoms with van der Waals surface area (Å²) in [6.45, 7) is -2.94. The second-order valence-corrected chi connectivity index (χ2v) is 30.9. The molecule has 32 nitrogen and oxygen atoms in total. The number of carboxylic acids is 1. The first-order valence-electron chi connectivity index (χ1n) is 37.4. The van der Waals surface area contributed by atoms with Crippen molar-refractivity contribution in [3.05, 3.63) is 131 Å². The average Bonchev–Trinajstić information content (AvgIpc) is 0.855. The first kappa shape index (κ1) is 93.9. The number of nitrogens with one attached hydrogen (secondary N) is 2. The van der Waals surface area contributed by atoms with Gasteiger partial charge in [0.05, 0.1) is 68.7 Å². The number of nitrogens with zero attached hydrogens (tertiary/aromatic N) is 8. The molecule has 1 unspecified atom stereocenters. The summed E-state index contributed by atoms with van der Waals surface area (Å²) in [6, 6.07) is 28.4. The van der Waals surface area contributed by atoms with Crippen LogP contribution in [0.1, 0.15) is 92.9 Å². The number of carbonyl (C=O) groups excluding carboxylic acids is 9. The number of amides is 9. The maximum atomic E-state index is 15.3. The molecule has 0 radical (unpaired) electrons. The molecule has 0 saturated heterocycles. The Morgan fingerprint density at radius 3 is 0.927 bits per heavy atom. The maximum Gasteiger partial charge on any atom is 0.326 e. The van der Waals surface area contributed by atoms with E-state index in [1.165, 1.54) is 94.6 Å². The zero-order chi connectivity index (χ0) is 80.9. The third-order valence-electron chi connectivity index (χ3n) is 18.2. The van der Waals surface area contributed by atoms with Crippen LogP contribution in [0.5, 0.6) is 0 Å². The number of rotatable bonds is 57. The fraction of sp³-hybridized carbons (Fsp3) is 0.547. The number of sulfonamides is 2. The van der Waals surface area contributed by atoms with Gasteiger partial charge in [-0.2, -0.15) is 11.8 Å². The maximum absolute atomic E-state index is 15.3. The minimum Gasteiger partial charge on any atom is -0.480 e. The van der Waals surface area contributed by atoms with E-state index < -0.39 is 125 Å². The van der Waals surface area contributed by atoms with Crippen LogP contribution in [0, 0.1) is 0 Å². The van der Waals surface area contributed by atoms with Crippen molar-refractivity contribution in [1.82, 2.24) is 49.8 Å². The molecule has 17 N–H and O–H groups in total. The van der Waals surface area contributed by atoms with Gasteiger partial charge in [-0.05, 0) is 194 Å². The highest BCUT2D eigenvalue weighted by Crippen LogP contribution is 2.16. The molecule has 1 atom stereocenters. The Bertz CT molecular complexity index is 3730. The Balaban J connectivity index is 1.76. The summed E-state index contributed by atoms with van der Waals surface area (Å²) in [5.41, 5.74) is 32.2. The number of hydrogen-bond acceptors (Lipinski definition) is 21. The van der Waals surface area contributed by atoms with Gasteiger partial charge < -0.3 is 83.6 Å². The van der Waals surface area contributed by atoms with Crippen LogP contribution in [-0.2, 0) is 93.7 Å². The van der Waals surface area contributed by atoms with Gasteiger partial charge in [-0.15, -0.1) is 0 Å². The van der Waals surface area contributed by atoms with Crippen LogP contribution in [0.15, 0.2) is 119 Å². The summed E-state index contributed by atoms with van der Waals surface area (Å²) >= 11 is 1.38. The smallest absolute Gasteiger partial charge is 0.326 e. The number of aliphatic carboxylic acids is 1. The normalized spacial score (nSPS) is 11.6. The molecule has 610 valence electrons. The monoisotopic (exact) mass is 1590 g/mol. The molecule has 0 saturated carbocycles. The van der Waals surface area contributed by atoms with E-state index in [9.17, 15) is 45.9 Å². The molecule has 0 spiro atoms. The lowest BCUT2D eigenvalue weighted by molar-refractivity contribution is -0.148. The van der Waals surface area contributed by atoms with Gasteiger partial charge in [-0.1, -0.05) is 84.9 Å². The van der Waals surface area contributed by atoms with Gasteiger partial charge in [0.15, 0.2) is 0 Å². The topological polar surface area (TPSA) is 491 Å². The van der Waals surface area contributed by atoms with Gasteiger partial charge >= 0.3 is 5.97 Å². The van der Waals surface area contributed by atoms with E-state index in [-0.39, 0.29) is 133 Å². The number of unbranched alkanes of at least 4 members (excludes halogenated alkanes) is 5. The van der Waals surface area contributed by atoms with Crippen LogP contribution in [-0.4, -0.2) is 289 Å². The quantitative estimate of drug-likeness (QED) is 0.0249. The summed E-state index contributed by atoms with van der Waals surface area (Å²) in [6.07, 6.45) is 7.24. The first-order valence-corrected chi connectivity index (χ1v) is 41.9. The predicted octanol–water partition coefficient (Wildman–Crippen LogP) is -0.513. The van der Waals surface area contributed by atoms with Crippen molar-refractivity contribution in [2.45, 2.75) is 112 Å². The highest BCUT2D eigenvalue weighted by Gasteiger charge is 2.32. The third kappa shape index (κ3) is 36.6. The predicted molar refractivity (Wildman–Crippen MR) is 423 cm³/mol. The van der Waals surface area contributed by atoms with Gasteiger partial charge in [0.2, 0.25) is 73.2 Å². The fourth-order valence-electron chi connectivity index (χ4n) is 11.6. The fourth-order valence-corrected chi connectivity index (χ4v) is 13.1. The second-order valence-electron chi connectivity index (χ2n) is 26.8.